The Morgan fingerprint density at radius 1 is 1.26 bits per heavy atom. The molecule has 1 aromatic carbocycles. The summed E-state index contributed by atoms with van der Waals surface area (Å²) in [5.41, 5.74) is -0.867. The number of nitrogens with zero attached hydrogens (tertiary/aromatic N) is 4. The maximum Gasteiger partial charge on any atom is 0.435 e. The van der Waals surface area contributed by atoms with Gasteiger partial charge in [0.1, 0.15) is 27.6 Å². The van der Waals surface area contributed by atoms with Crippen LogP contribution in [0, 0.1) is 17.1 Å². The van der Waals surface area contributed by atoms with E-state index in [2.05, 4.69) is 11.2 Å². The summed E-state index contributed by atoms with van der Waals surface area (Å²) >= 11 is -0.309. The number of hydrogen-bond donors (Lipinski definition) is 0. The van der Waals surface area contributed by atoms with Crippen molar-refractivity contribution >= 4 is 22.7 Å². The standard InChI is InChI=1S/C23H22F4N4OS2/c1-5-30-11-16(21(29-30)23(25,26)27)19-14(7-6-8-17(19)24)20-15-9-13(10-28)33-18(15)12-31(20)34(32)22(2,3)4/h6-9,11,20H,5,12H2,1-4H3/t20?,34-/m1/s1. The molecule has 0 bridgehead atoms. The van der Waals surface area contributed by atoms with Gasteiger partial charge >= 0.3 is 6.18 Å². The molecule has 0 saturated carbocycles. The van der Waals surface area contributed by atoms with Crippen LogP contribution >= 0.6 is 11.3 Å². The quantitative estimate of drug-likeness (QED) is 0.318. The Bertz CT molecular complexity index is 1270. The highest BCUT2D eigenvalue weighted by Crippen LogP contribution is 2.49. The molecule has 2 aromatic heterocycles. The van der Waals surface area contributed by atoms with E-state index >= 15 is 4.39 Å². The lowest BCUT2D eigenvalue weighted by molar-refractivity contribution is -0.141. The first-order valence-corrected chi connectivity index (χ1v) is 12.4. The van der Waals surface area contributed by atoms with E-state index in [1.165, 1.54) is 23.6 Å². The molecule has 1 aliphatic heterocycles. The number of hydrogen-bond acceptors (Lipinski definition) is 5. The molecule has 0 spiro atoms. The molecule has 3 aromatic rings. The van der Waals surface area contributed by atoms with Crippen molar-refractivity contribution in [3.05, 3.63) is 62.9 Å². The molecule has 2 atom stereocenters. The lowest BCUT2D eigenvalue weighted by Crippen LogP contribution is -2.42. The van der Waals surface area contributed by atoms with Crippen LogP contribution in [-0.2, 0) is 30.6 Å². The Hall–Kier alpha value is -2.39. The first kappa shape index (κ1) is 24.7. The van der Waals surface area contributed by atoms with Crippen molar-refractivity contribution in [1.29, 1.82) is 5.26 Å². The van der Waals surface area contributed by atoms with Gasteiger partial charge in [-0.15, -0.1) is 15.6 Å². The summed E-state index contributed by atoms with van der Waals surface area (Å²) in [5, 5.41) is 13.0. The van der Waals surface area contributed by atoms with Gasteiger partial charge in [0.15, 0.2) is 5.69 Å². The fourth-order valence-electron chi connectivity index (χ4n) is 4.10. The van der Waals surface area contributed by atoms with Gasteiger partial charge in [-0.3, -0.25) is 4.68 Å². The van der Waals surface area contributed by atoms with Crippen molar-refractivity contribution in [2.75, 3.05) is 0 Å². The average molecular weight is 511 g/mol. The number of nitriles is 1. The maximum atomic E-state index is 15.3. The predicted octanol–water partition coefficient (Wildman–Crippen LogP) is 6.03. The zero-order valence-electron chi connectivity index (χ0n) is 18.9. The van der Waals surface area contributed by atoms with Gasteiger partial charge in [0.25, 0.3) is 0 Å². The van der Waals surface area contributed by atoms with Crippen molar-refractivity contribution < 1.29 is 22.1 Å². The number of aromatic nitrogens is 2. The molecular weight excluding hydrogens is 488 g/mol. The molecular formula is C23H22F4N4OS2. The van der Waals surface area contributed by atoms with Crippen LogP contribution < -0.4 is 0 Å². The molecule has 0 N–H and O–H groups in total. The van der Waals surface area contributed by atoms with E-state index in [9.17, 15) is 23.0 Å². The zero-order valence-corrected chi connectivity index (χ0v) is 20.5. The first-order chi connectivity index (χ1) is 15.9. The third-order valence-electron chi connectivity index (χ3n) is 5.53. The van der Waals surface area contributed by atoms with Crippen molar-refractivity contribution in [1.82, 2.24) is 14.1 Å². The van der Waals surface area contributed by atoms with E-state index in [4.69, 9.17) is 0 Å². The van der Waals surface area contributed by atoms with Gasteiger partial charge in [-0.25, -0.2) is 4.39 Å². The van der Waals surface area contributed by atoms with Crippen LogP contribution in [0.2, 0.25) is 0 Å². The average Bonchev–Trinajstić information content (AvgIpc) is 3.43. The molecule has 0 aliphatic carbocycles. The molecule has 0 amide bonds. The summed E-state index contributed by atoms with van der Waals surface area (Å²) in [4.78, 5) is 1.22. The summed E-state index contributed by atoms with van der Waals surface area (Å²) < 4.78 is 72.6. The lowest BCUT2D eigenvalue weighted by Gasteiger charge is -2.34. The Kier molecular flexibility index (Phi) is 6.31. The van der Waals surface area contributed by atoms with Crippen molar-refractivity contribution in [2.45, 2.75) is 57.7 Å². The minimum Gasteiger partial charge on any atom is -0.597 e. The Labute approximate surface area is 201 Å². The maximum absolute atomic E-state index is 15.3. The minimum absolute atomic E-state index is 0.177. The van der Waals surface area contributed by atoms with Gasteiger partial charge < -0.3 is 4.55 Å². The SMILES string of the molecule is CCn1cc(-c2c(F)cccc2C2c3cc(C#N)sc3CN2[S@+]([O-])C(C)(C)C)c(C(F)(F)F)n1. The summed E-state index contributed by atoms with van der Waals surface area (Å²) in [7, 11) is 0. The number of rotatable bonds is 4. The largest absolute Gasteiger partial charge is 0.597 e. The topological polar surface area (TPSA) is 67.9 Å². The molecule has 0 saturated heterocycles. The number of fused-ring (bicyclic) bond motifs is 1. The van der Waals surface area contributed by atoms with Crippen LogP contribution in [0.1, 0.15) is 60.3 Å². The summed E-state index contributed by atoms with van der Waals surface area (Å²) in [6.45, 7) is 7.46. The molecule has 0 radical (unpaired) electrons. The Morgan fingerprint density at radius 2 is 1.97 bits per heavy atom. The van der Waals surface area contributed by atoms with Crippen LogP contribution in [0.3, 0.4) is 0 Å². The molecule has 1 unspecified atom stereocenters. The molecule has 4 rings (SSSR count). The highest BCUT2D eigenvalue weighted by molar-refractivity contribution is 7.90. The van der Waals surface area contributed by atoms with E-state index in [0.29, 0.717) is 10.4 Å². The lowest BCUT2D eigenvalue weighted by atomic mass is 9.92. The highest BCUT2D eigenvalue weighted by atomic mass is 32.2. The fourth-order valence-corrected chi connectivity index (χ4v) is 6.54. The van der Waals surface area contributed by atoms with Crippen molar-refractivity contribution in [3.63, 3.8) is 0 Å². The fraction of sp³-hybridized carbons (Fsp3) is 0.391. The third kappa shape index (κ3) is 4.24. The molecule has 1 aliphatic rings. The van der Waals surface area contributed by atoms with Gasteiger partial charge in [-0.2, -0.15) is 23.5 Å². The van der Waals surface area contributed by atoms with E-state index in [1.54, 1.807) is 44.1 Å². The second kappa shape index (κ2) is 8.68. The number of halogens is 4. The third-order valence-corrected chi connectivity index (χ3v) is 8.39. The highest BCUT2D eigenvalue weighted by Gasteiger charge is 2.47. The summed E-state index contributed by atoms with van der Waals surface area (Å²) in [5.74, 6) is -0.829. The van der Waals surface area contributed by atoms with Crippen molar-refractivity contribution in [3.8, 4) is 17.2 Å². The molecule has 180 valence electrons. The van der Waals surface area contributed by atoms with Gasteiger partial charge in [0, 0.05) is 40.1 Å². The zero-order chi connectivity index (χ0) is 25.0. The second-order valence-electron chi connectivity index (χ2n) is 8.89. The minimum atomic E-state index is -4.79. The van der Waals surface area contributed by atoms with Crippen LogP contribution in [-0.4, -0.2) is 23.4 Å². The predicted molar refractivity (Wildman–Crippen MR) is 123 cm³/mol. The van der Waals surface area contributed by atoms with Crippen LogP contribution in [0.5, 0.6) is 0 Å². The smallest absolute Gasteiger partial charge is 0.435 e. The van der Waals surface area contributed by atoms with Crippen molar-refractivity contribution in [2.24, 2.45) is 0 Å². The van der Waals surface area contributed by atoms with E-state index in [-0.39, 0.29) is 29.8 Å². The monoisotopic (exact) mass is 510 g/mol. The Balaban J connectivity index is 1.98. The molecule has 3 heterocycles. The molecule has 34 heavy (non-hydrogen) atoms. The number of alkyl halides is 3. The van der Waals surface area contributed by atoms with Crippen LogP contribution in [0.15, 0.2) is 30.5 Å². The first-order valence-electron chi connectivity index (χ1n) is 10.5. The van der Waals surface area contributed by atoms with Crippen LogP contribution in [0.25, 0.3) is 11.1 Å². The van der Waals surface area contributed by atoms with Gasteiger partial charge in [0.05, 0.1) is 6.54 Å². The second-order valence-corrected chi connectivity index (χ2v) is 12.2. The van der Waals surface area contributed by atoms with Crippen LogP contribution in [0.4, 0.5) is 17.6 Å². The molecule has 5 nitrogen and oxygen atoms in total. The molecule has 11 heteroatoms. The number of benzene rings is 1. The van der Waals surface area contributed by atoms with E-state index in [0.717, 1.165) is 15.6 Å². The van der Waals surface area contributed by atoms with E-state index in [1.807, 2.05) is 0 Å². The summed E-state index contributed by atoms with van der Waals surface area (Å²) in [6.07, 6.45) is -3.60. The number of thiophene rings is 1. The van der Waals surface area contributed by atoms with Gasteiger partial charge in [-0.05, 0) is 51.0 Å². The number of aryl methyl sites for hydroxylation is 1. The van der Waals surface area contributed by atoms with Gasteiger partial charge in [0.2, 0.25) is 0 Å². The molecule has 0 fully saturated rings. The van der Waals surface area contributed by atoms with Gasteiger partial charge in [-0.1, -0.05) is 12.1 Å². The normalized spacial score (nSPS) is 17.6. The Morgan fingerprint density at radius 3 is 2.56 bits per heavy atom. The summed E-state index contributed by atoms with van der Waals surface area (Å²) in [6, 6.07) is 7.05. The van der Waals surface area contributed by atoms with E-state index < -0.39 is 39.8 Å².